The van der Waals surface area contributed by atoms with Gasteiger partial charge in [-0.15, -0.1) is 0 Å². The molecule has 0 rings (SSSR count). The maximum Gasteiger partial charge on any atom is 0.410 e. The Morgan fingerprint density at radius 2 is 0.450 bits per heavy atom. The third-order valence-electron chi connectivity index (χ3n) is 14.7. The topological polar surface area (TPSA) is 171 Å². The molecular formula is C64H122N4O12. The van der Waals surface area contributed by atoms with E-state index in [2.05, 4.69) is 46.4 Å². The van der Waals surface area contributed by atoms with Crippen LogP contribution in [0, 0.1) is 0 Å². The van der Waals surface area contributed by atoms with Crippen LogP contribution in [0.2, 0.25) is 0 Å². The van der Waals surface area contributed by atoms with Crippen LogP contribution in [0.4, 0.5) is 9.59 Å². The van der Waals surface area contributed by atoms with Gasteiger partial charge in [-0.3, -0.25) is 33.9 Å². The maximum absolute atomic E-state index is 13.6. The van der Waals surface area contributed by atoms with E-state index in [1.54, 1.807) is 0 Å². The summed E-state index contributed by atoms with van der Waals surface area (Å²) in [5.41, 5.74) is 0. The van der Waals surface area contributed by atoms with Crippen LogP contribution >= 0.6 is 0 Å². The Bertz CT molecular complexity index is 1300. The van der Waals surface area contributed by atoms with Gasteiger partial charge >= 0.3 is 36.1 Å². The number of hydrogen-bond acceptors (Lipinski definition) is 14. The molecule has 0 fully saturated rings. The first kappa shape index (κ1) is 76.3. The molecule has 0 bridgehead atoms. The zero-order chi connectivity index (χ0) is 58.8. The lowest BCUT2D eigenvalue weighted by Gasteiger charge is -2.27. The largest absolute Gasteiger partial charge is 0.464 e. The Kier molecular flexibility index (Phi) is 55.9. The van der Waals surface area contributed by atoms with E-state index in [0.29, 0.717) is 13.1 Å². The van der Waals surface area contributed by atoms with Crippen LogP contribution in [0.3, 0.4) is 0 Å². The summed E-state index contributed by atoms with van der Waals surface area (Å²) in [6.07, 6.45) is 38.8. The van der Waals surface area contributed by atoms with E-state index >= 15 is 0 Å². The first-order chi connectivity index (χ1) is 39.0. The number of nitrogens with zero attached hydrogens (tertiary/aromatic N) is 4. The normalized spacial score (nSPS) is 11.2. The SMILES string of the molecule is CCCCCCCCCCCOC(=O)CN(CC(=O)OCCCCCCCCCCC)C(=O)OCCN(CCOC(=O)N(CC(=O)OCCCCCCCCCCC)CC(=O)OCCCCCCCCCCC)CCN(CC)CC. The number of carbonyl (C=O) groups is 6. The van der Waals surface area contributed by atoms with Crippen LogP contribution in [0.1, 0.15) is 273 Å². The minimum absolute atomic E-state index is 0.0791. The molecule has 470 valence electrons. The van der Waals surface area contributed by atoms with Gasteiger partial charge in [0.25, 0.3) is 0 Å². The first-order valence-corrected chi connectivity index (χ1v) is 32.9. The van der Waals surface area contributed by atoms with Gasteiger partial charge in [0.2, 0.25) is 0 Å². The van der Waals surface area contributed by atoms with Crippen molar-refractivity contribution in [3.05, 3.63) is 0 Å². The van der Waals surface area contributed by atoms with Crippen molar-refractivity contribution in [3.8, 4) is 0 Å². The van der Waals surface area contributed by atoms with Gasteiger partial charge in [-0.05, 0) is 38.8 Å². The number of hydrogen-bond donors (Lipinski definition) is 0. The molecule has 0 aromatic carbocycles. The summed E-state index contributed by atoms with van der Waals surface area (Å²) in [6, 6.07) is 0. The second-order valence-electron chi connectivity index (χ2n) is 22.0. The zero-order valence-corrected chi connectivity index (χ0v) is 52.5. The van der Waals surface area contributed by atoms with Crippen molar-refractivity contribution < 1.29 is 57.2 Å². The molecule has 0 aliphatic rings. The third kappa shape index (κ3) is 50.1. The van der Waals surface area contributed by atoms with Crippen molar-refractivity contribution in [2.45, 2.75) is 273 Å². The lowest BCUT2D eigenvalue weighted by Crippen LogP contribution is -2.43. The average Bonchev–Trinajstić information content (AvgIpc) is 3.44. The van der Waals surface area contributed by atoms with Gasteiger partial charge < -0.3 is 33.3 Å². The van der Waals surface area contributed by atoms with Crippen molar-refractivity contribution in [1.29, 1.82) is 0 Å². The molecule has 80 heavy (non-hydrogen) atoms. The summed E-state index contributed by atoms with van der Waals surface area (Å²) in [5.74, 6) is -2.48. The summed E-state index contributed by atoms with van der Waals surface area (Å²) >= 11 is 0. The molecule has 0 aliphatic carbocycles. The summed E-state index contributed by atoms with van der Waals surface area (Å²) in [6.45, 7) is 15.4. The highest BCUT2D eigenvalue weighted by Crippen LogP contribution is 2.14. The van der Waals surface area contributed by atoms with Crippen LogP contribution in [0.15, 0.2) is 0 Å². The lowest BCUT2D eigenvalue weighted by atomic mass is 10.1. The molecule has 0 saturated carbocycles. The highest BCUT2D eigenvalue weighted by atomic mass is 16.6. The highest BCUT2D eigenvalue weighted by molar-refractivity contribution is 5.83. The van der Waals surface area contributed by atoms with Crippen LogP contribution in [-0.4, -0.2) is 161 Å². The minimum atomic E-state index is -0.842. The van der Waals surface area contributed by atoms with Gasteiger partial charge in [-0.2, -0.15) is 0 Å². The van der Waals surface area contributed by atoms with E-state index in [0.717, 1.165) is 126 Å². The molecule has 0 heterocycles. The van der Waals surface area contributed by atoms with E-state index in [4.69, 9.17) is 28.4 Å². The number of esters is 4. The van der Waals surface area contributed by atoms with Crippen LogP contribution in [-0.2, 0) is 47.6 Å². The Morgan fingerprint density at radius 1 is 0.237 bits per heavy atom. The second-order valence-corrected chi connectivity index (χ2v) is 22.0. The van der Waals surface area contributed by atoms with Crippen molar-refractivity contribution in [3.63, 3.8) is 0 Å². The predicted molar refractivity (Wildman–Crippen MR) is 323 cm³/mol. The Hall–Kier alpha value is -3.66. The quantitative estimate of drug-likeness (QED) is 0.0320. The van der Waals surface area contributed by atoms with Crippen LogP contribution in [0.5, 0.6) is 0 Å². The smallest absolute Gasteiger partial charge is 0.410 e. The predicted octanol–water partition coefficient (Wildman–Crippen LogP) is 14.8. The molecule has 0 aliphatic heterocycles. The number of amides is 2. The number of carbonyl (C=O) groups excluding carboxylic acids is 6. The Balaban J connectivity index is 5.66. The summed E-state index contributed by atoms with van der Waals surface area (Å²) in [7, 11) is 0. The molecule has 0 radical (unpaired) electrons. The number of rotatable bonds is 59. The molecule has 0 unspecified atom stereocenters. The molecular weight excluding hydrogens is 1020 g/mol. The van der Waals surface area contributed by atoms with Gasteiger partial charge in [0.05, 0.1) is 26.4 Å². The van der Waals surface area contributed by atoms with E-state index < -0.39 is 62.2 Å². The third-order valence-corrected chi connectivity index (χ3v) is 14.7. The van der Waals surface area contributed by atoms with Gasteiger partial charge in [0, 0.05) is 26.2 Å². The molecule has 0 spiro atoms. The van der Waals surface area contributed by atoms with Crippen LogP contribution in [0.25, 0.3) is 0 Å². The molecule has 2 amide bonds. The highest BCUT2D eigenvalue weighted by Gasteiger charge is 2.26. The lowest BCUT2D eigenvalue weighted by molar-refractivity contribution is -0.149. The van der Waals surface area contributed by atoms with E-state index in [9.17, 15) is 28.8 Å². The van der Waals surface area contributed by atoms with Crippen molar-refractivity contribution in [1.82, 2.24) is 19.6 Å². The van der Waals surface area contributed by atoms with Gasteiger partial charge in [-0.25, -0.2) is 9.59 Å². The summed E-state index contributed by atoms with van der Waals surface area (Å²) in [5, 5.41) is 0. The minimum Gasteiger partial charge on any atom is -0.464 e. The van der Waals surface area contributed by atoms with Crippen molar-refractivity contribution in [2.24, 2.45) is 0 Å². The fraction of sp³-hybridized carbons (Fsp3) is 0.906. The van der Waals surface area contributed by atoms with Gasteiger partial charge in [0.1, 0.15) is 39.4 Å². The van der Waals surface area contributed by atoms with Crippen molar-refractivity contribution in [2.75, 3.05) is 105 Å². The first-order valence-electron chi connectivity index (χ1n) is 32.9. The molecule has 16 heteroatoms. The second kappa shape index (κ2) is 58.5. The van der Waals surface area contributed by atoms with Gasteiger partial charge in [0.15, 0.2) is 0 Å². The molecule has 0 saturated heterocycles. The van der Waals surface area contributed by atoms with Crippen molar-refractivity contribution >= 4 is 36.1 Å². The molecule has 0 N–H and O–H groups in total. The number of unbranched alkanes of at least 4 members (excludes halogenated alkanes) is 32. The van der Waals surface area contributed by atoms with E-state index in [-0.39, 0.29) is 52.7 Å². The van der Waals surface area contributed by atoms with Gasteiger partial charge in [-0.1, -0.05) is 247 Å². The maximum atomic E-state index is 13.6. The van der Waals surface area contributed by atoms with E-state index in [1.165, 1.54) is 128 Å². The fourth-order valence-electron chi connectivity index (χ4n) is 9.44. The standard InChI is InChI=1S/C64H122N4O12/c1-7-13-17-21-25-29-33-37-41-49-75-59(69)55-67(56-60(70)76-50-42-38-34-30-26-22-18-14-8-2)63(73)79-53-47-66(46-45-65(11-5)12-6)48-54-80-64(74)68(57-61(71)77-51-43-39-35-31-27-23-19-15-9-3)58-62(72)78-52-44-40-36-32-28-24-20-16-10-4/h7-58H2,1-6H3. The fourth-order valence-corrected chi connectivity index (χ4v) is 9.44. The zero-order valence-electron chi connectivity index (χ0n) is 52.5. The number of likely N-dealkylation sites (N-methyl/N-ethyl adjacent to an activating group) is 1. The molecule has 16 nitrogen and oxygen atoms in total. The monoisotopic (exact) mass is 1140 g/mol. The summed E-state index contributed by atoms with van der Waals surface area (Å²) in [4.78, 5) is 85.8. The Morgan fingerprint density at radius 3 is 0.675 bits per heavy atom. The average molecular weight is 1140 g/mol. The molecule has 0 aromatic rings. The molecule has 0 atom stereocenters. The van der Waals surface area contributed by atoms with Crippen LogP contribution < -0.4 is 0 Å². The van der Waals surface area contributed by atoms with E-state index in [1.807, 2.05) is 4.90 Å². The summed E-state index contributed by atoms with van der Waals surface area (Å²) < 4.78 is 33.5. The number of ether oxygens (including phenoxy) is 6. The molecule has 0 aromatic heterocycles. The Labute approximate surface area is 488 Å².